The van der Waals surface area contributed by atoms with Crippen LogP contribution in [0.3, 0.4) is 0 Å². The van der Waals surface area contributed by atoms with Gasteiger partial charge in [0.15, 0.2) is 6.29 Å². The Balaban J connectivity index is 2.98. The number of benzene rings is 1. The molecule has 15 heavy (non-hydrogen) atoms. The monoisotopic (exact) mass is 212 g/mol. The van der Waals surface area contributed by atoms with E-state index >= 15 is 0 Å². The van der Waals surface area contributed by atoms with Crippen LogP contribution in [0.2, 0.25) is 0 Å². The third-order valence-corrected chi connectivity index (χ3v) is 1.83. The minimum atomic E-state index is -0.881. The van der Waals surface area contributed by atoms with Gasteiger partial charge < -0.3 is 5.11 Å². The molecule has 0 atom stereocenters. The van der Waals surface area contributed by atoms with E-state index in [0.717, 1.165) is 12.1 Å². The molecule has 0 fully saturated rings. The molecule has 2 nitrogen and oxygen atoms in total. The molecule has 4 heteroatoms. The van der Waals surface area contributed by atoms with Crippen molar-refractivity contribution in [3.63, 3.8) is 0 Å². The highest BCUT2D eigenvalue weighted by atomic mass is 19.1. The molecule has 0 unspecified atom stereocenters. The summed E-state index contributed by atoms with van der Waals surface area (Å²) in [5.74, 6) is -1.76. The molecule has 1 rings (SSSR count). The Labute approximate surface area is 85.9 Å². The molecule has 1 aromatic carbocycles. The minimum Gasteiger partial charge on any atom is -0.396 e. The van der Waals surface area contributed by atoms with Gasteiger partial charge in [0.2, 0.25) is 0 Å². The molecule has 0 radical (unpaired) electrons. The molecule has 0 aromatic heterocycles. The van der Waals surface area contributed by atoms with E-state index in [4.69, 9.17) is 5.11 Å². The van der Waals surface area contributed by atoms with Crippen molar-refractivity contribution in [2.75, 3.05) is 6.61 Å². The first-order chi connectivity index (χ1) is 7.19. The van der Waals surface area contributed by atoms with Gasteiger partial charge in [-0.25, -0.2) is 8.78 Å². The highest BCUT2D eigenvalue weighted by molar-refractivity contribution is 5.76. The van der Waals surface area contributed by atoms with Crippen LogP contribution in [0.5, 0.6) is 0 Å². The molecule has 0 aliphatic carbocycles. The van der Waals surface area contributed by atoms with Gasteiger partial charge in [-0.2, -0.15) is 0 Å². The fourth-order valence-corrected chi connectivity index (χ4v) is 1.11. The molecule has 0 heterocycles. The highest BCUT2D eigenvalue weighted by Gasteiger charge is 2.08. The molecule has 0 saturated heterocycles. The molecule has 0 bridgehead atoms. The predicted octanol–water partition coefficient (Wildman–Crippen LogP) is 2.17. The van der Waals surface area contributed by atoms with Gasteiger partial charge in [0.05, 0.1) is 5.56 Å². The zero-order valence-corrected chi connectivity index (χ0v) is 7.91. The van der Waals surface area contributed by atoms with E-state index in [1.807, 2.05) is 0 Å². The van der Waals surface area contributed by atoms with Crippen LogP contribution < -0.4 is 0 Å². The van der Waals surface area contributed by atoms with E-state index in [0.29, 0.717) is 12.0 Å². The molecule has 1 N–H and O–H groups in total. The molecule has 0 saturated carbocycles. The van der Waals surface area contributed by atoms with Gasteiger partial charge in [-0.3, -0.25) is 4.79 Å². The summed E-state index contributed by atoms with van der Waals surface area (Å²) in [6.45, 7) is -0.0200. The second-order valence-electron chi connectivity index (χ2n) is 2.93. The Hall–Kier alpha value is -1.55. The summed E-state index contributed by atoms with van der Waals surface area (Å²) in [5, 5.41) is 8.49. The summed E-state index contributed by atoms with van der Waals surface area (Å²) in [7, 11) is 0. The van der Waals surface area contributed by atoms with Crippen LogP contribution in [-0.4, -0.2) is 18.0 Å². The first-order valence-electron chi connectivity index (χ1n) is 4.40. The van der Waals surface area contributed by atoms with E-state index in [9.17, 15) is 13.6 Å². The molecule has 0 aliphatic rings. The van der Waals surface area contributed by atoms with Gasteiger partial charge in [0.25, 0.3) is 0 Å². The number of halogens is 2. The van der Waals surface area contributed by atoms with Crippen molar-refractivity contribution in [3.05, 3.63) is 41.0 Å². The second-order valence-corrected chi connectivity index (χ2v) is 2.93. The number of hydrogen-bond acceptors (Lipinski definition) is 2. The first kappa shape index (κ1) is 11.5. The summed E-state index contributed by atoms with van der Waals surface area (Å²) in [4.78, 5) is 10.3. The Morgan fingerprint density at radius 3 is 2.33 bits per heavy atom. The molecule has 1 aromatic rings. The van der Waals surface area contributed by atoms with Crippen LogP contribution in [0.4, 0.5) is 8.78 Å². The van der Waals surface area contributed by atoms with Crippen LogP contribution in [0, 0.1) is 11.6 Å². The van der Waals surface area contributed by atoms with E-state index < -0.39 is 17.2 Å². The lowest BCUT2D eigenvalue weighted by Crippen LogP contribution is -1.94. The van der Waals surface area contributed by atoms with Crippen molar-refractivity contribution in [2.45, 2.75) is 6.42 Å². The maximum atomic E-state index is 13.1. The predicted molar refractivity (Wildman–Crippen MR) is 52.5 cm³/mol. The molecule has 0 spiro atoms. The lowest BCUT2D eigenvalue weighted by atomic mass is 10.1. The van der Waals surface area contributed by atoms with E-state index in [-0.39, 0.29) is 12.9 Å². The number of aliphatic hydroxyl groups excluding tert-OH is 1. The fraction of sp³-hybridized carbons (Fsp3) is 0.182. The molecule has 0 aliphatic heterocycles. The molecule has 80 valence electrons. The zero-order valence-electron chi connectivity index (χ0n) is 7.91. The van der Waals surface area contributed by atoms with Crippen LogP contribution in [0.25, 0.3) is 6.08 Å². The van der Waals surface area contributed by atoms with Crippen molar-refractivity contribution in [1.82, 2.24) is 0 Å². The number of aliphatic hydroxyl groups is 1. The van der Waals surface area contributed by atoms with Gasteiger partial charge in [0, 0.05) is 6.61 Å². The lowest BCUT2D eigenvalue weighted by Gasteiger charge is -1.99. The topological polar surface area (TPSA) is 37.3 Å². The van der Waals surface area contributed by atoms with E-state index in [2.05, 4.69) is 0 Å². The fourth-order valence-electron chi connectivity index (χ4n) is 1.11. The Bertz CT molecular complexity index is 363. The number of aldehydes is 1. The number of rotatable bonds is 4. The maximum Gasteiger partial charge on any atom is 0.155 e. The van der Waals surface area contributed by atoms with E-state index in [1.54, 1.807) is 6.08 Å². The summed E-state index contributed by atoms with van der Waals surface area (Å²) in [6, 6.07) is 2.14. The quantitative estimate of drug-likeness (QED) is 0.776. The largest absolute Gasteiger partial charge is 0.396 e. The van der Waals surface area contributed by atoms with Crippen molar-refractivity contribution in [1.29, 1.82) is 0 Å². The second kappa shape index (κ2) is 5.36. The third-order valence-electron chi connectivity index (χ3n) is 1.83. The van der Waals surface area contributed by atoms with Crippen molar-refractivity contribution >= 4 is 12.4 Å². The van der Waals surface area contributed by atoms with Gasteiger partial charge in [0.1, 0.15) is 11.6 Å². The SMILES string of the molecule is O=Cc1c(F)cc(C=CCCO)cc1F. The van der Waals surface area contributed by atoms with Crippen LogP contribution in [0.15, 0.2) is 18.2 Å². The number of carbonyl (C=O) groups excluding carboxylic acids is 1. The Morgan fingerprint density at radius 2 is 1.87 bits per heavy atom. The molecular weight excluding hydrogens is 202 g/mol. The number of hydrogen-bond donors (Lipinski definition) is 1. The minimum absolute atomic E-state index is 0.0200. The molecule has 0 amide bonds. The van der Waals surface area contributed by atoms with Gasteiger partial charge in [-0.1, -0.05) is 12.2 Å². The Morgan fingerprint density at radius 1 is 1.27 bits per heavy atom. The van der Waals surface area contributed by atoms with Crippen LogP contribution in [-0.2, 0) is 0 Å². The first-order valence-corrected chi connectivity index (χ1v) is 4.40. The summed E-state index contributed by atoms with van der Waals surface area (Å²) in [6.07, 6.45) is 3.64. The van der Waals surface area contributed by atoms with Gasteiger partial charge in [-0.15, -0.1) is 0 Å². The highest BCUT2D eigenvalue weighted by Crippen LogP contribution is 2.14. The van der Waals surface area contributed by atoms with Crippen LogP contribution >= 0.6 is 0 Å². The van der Waals surface area contributed by atoms with Crippen LogP contribution in [0.1, 0.15) is 22.3 Å². The van der Waals surface area contributed by atoms with E-state index in [1.165, 1.54) is 6.08 Å². The average Bonchev–Trinajstić information content (AvgIpc) is 2.18. The average molecular weight is 212 g/mol. The summed E-state index contributed by atoms with van der Waals surface area (Å²) < 4.78 is 26.1. The normalized spacial score (nSPS) is 10.9. The van der Waals surface area contributed by atoms with Gasteiger partial charge in [-0.05, 0) is 24.1 Å². The summed E-state index contributed by atoms with van der Waals surface area (Å²) >= 11 is 0. The third kappa shape index (κ3) is 2.95. The van der Waals surface area contributed by atoms with Crippen molar-refractivity contribution in [2.24, 2.45) is 0 Å². The molecular formula is C11H10F2O2. The smallest absolute Gasteiger partial charge is 0.155 e. The van der Waals surface area contributed by atoms with Crippen molar-refractivity contribution in [3.8, 4) is 0 Å². The zero-order chi connectivity index (χ0) is 11.3. The van der Waals surface area contributed by atoms with Crippen molar-refractivity contribution < 1.29 is 18.7 Å². The van der Waals surface area contributed by atoms with Gasteiger partial charge >= 0.3 is 0 Å². The number of carbonyl (C=O) groups is 1. The maximum absolute atomic E-state index is 13.1. The Kier molecular flexibility index (Phi) is 4.12. The lowest BCUT2D eigenvalue weighted by molar-refractivity contribution is 0.111. The summed E-state index contributed by atoms with van der Waals surface area (Å²) in [5.41, 5.74) is -0.238. The standard InChI is InChI=1S/C11H10F2O2/c12-10-5-8(3-1-2-4-14)6-11(13)9(10)7-15/h1,3,5-7,14H,2,4H2.